The lowest BCUT2D eigenvalue weighted by molar-refractivity contribution is 0.195. The molecular formula is C16H21N3O. The molecule has 1 aromatic rings. The molecule has 2 atom stereocenters. The fourth-order valence-electron chi connectivity index (χ4n) is 3.10. The van der Waals surface area contributed by atoms with E-state index in [1.165, 1.54) is 11.1 Å². The lowest BCUT2D eigenvalue weighted by Crippen LogP contribution is -2.49. The van der Waals surface area contributed by atoms with Crippen molar-refractivity contribution in [3.63, 3.8) is 0 Å². The van der Waals surface area contributed by atoms with Gasteiger partial charge < -0.3 is 16.0 Å². The number of amides is 2. The van der Waals surface area contributed by atoms with Crippen LogP contribution in [0.25, 0.3) is 0 Å². The molecule has 1 heterocycles. The van der Waals surface area contributed by atoms with Gasteiger partial charge in [0.15, 0.2) is 0 Å². The highest BCUT2D eigenvalue weighted by Crippen LogP contribution is 2.29. The minimum atomic E-state index is -0.100. The Labute approximate surface area is 119 Å². The predicted octanol–water partition coefficient (Wildman–Crippen LogP) is 1.97. The Morgan fingerprint density at radius 3 is 2.95 bits per heavy atom. The van der Waals surface area contributed by atoms with Crippen LogP contribution < -0.4 is 11.1 Å². The van der Waals surface area contributed by atoms with Crippen molar-refractivity contribution in [2.24, 2.45) is 5.73 Å². The van der Waals surface area contributed by atoms with Crippen LogP contribution in [0.5, 0.6) is 0 Å². The van der Waals surface area contributed by atoms with Crippen LogP contribution in [0.4, 0.5) is 4.79 Å². The second-order valence-electron chi connectivity index (χ2n) is 5.75. The number of rotatable bonds is 1. The Morgan fingerprint density at radius 1 is 1.40 bits per heavy atom. The van der Waals surface area contributed by atoms with Crippen molar-refractivity contribution in [1.29, 1.82) is 0 Å². The maximum absolute atomic E-state index is 12.3. The second kappa shape index (κ2) is 5.29. The number of benzene rings is 1. The third kappa shape index (κ3) is 2.43. The summed E-state index contributed by atoms with van der Waals surface area (Å²) in [5.74, 6) is 0. The number of nitrogens with two attached hydrogens (primary N) is 1. The molecular weight excluding hydrogens is 250 g/mol. The standard InChI is InChI=1S/C16H21N3O/c1-11-5-4-8-19(10-11)16(20)18-14-9-12-6-2-3-7-13(12)15(14)17/h2-3,5-7,14-15H,4,8-10,17H2,1H3,(H,18,20)/t14-,15-/m1/s1. The van der Waals surface area contributed by atoms with Crippen LogP contribution >= 0.6 is 0 Å². The average molecular weight is 271 g/mol. The molecule has 0 unspecified atom stereocenters. The molecule has 0 spiro atoms. The molecule has 2 aliphatic rings. The van der Waals surface area contributed by atoms with Crippen LogP contribution in [0, 0.1) is 0 Å². The summed E-state index contributed by atoms with van der Waals surface area (Å²) < 4.78 is 0. The minimum Gasteiger partial charge on any atom is -0.333 e. The van der Waals surface area contributed by atoms with E-state index in [0.717, 1.165) is 31.5 Å². The minimum absolute atomic E-state index is 0.00528. The molecule has 3 rings (SSSR count). The summed E-state index contributed by atoms with van der Waals surface area (Å²) in [6.45, 7) is 3.58. The first-order chi connectivity index (χ1) is 9.65. The van der Waals surface area contributed by atoms with Gasteiger partial charge in [-0.15, -0.1) is 0 Å². The molecule has 3 N–H and O–H groups in total. The fourth-order valence-corrected chi connectivity index (χ4v) is 3.10. The molecule has 4 nitrogen and oxygen atoms in total. The van der Waals surface area contributed by atoms with E-state index in [0.29, 0.717) is 0 Å². The van der Waals surface area contributed by atoms with Crippen LogP contribution in [0.2, 0.25) is 0 Å². The number of nitrogens with one attached hydrogen (secondary N) is 1. The van der Waals surface area contributed by atoms with E-state index in [1.54, 1.807) is 0 Å². The Kier molecular flexibility index (Phi) is 3.49. The fraction of sp³-hybridized carbons (Fsp3) is 0.438. The highest BCUT2D eigenvalue weighted by Gasteiger charge is 2.31. The van der Waals surface area contributed by atoms with Crippen LogP contribution in [-0.4, -0.2) is 30.1 Å². The summed E-state index contributed by atoms with van der Waals surface area (Å²) in [6, 6.07) is 8.08. The van der Waals surface area contributed by atoms with Gasteiger partial charge in [0.1, 0.15) is 0 Å². The molecule has 0 saturated heterocycles. The number of fused-ring (bicyclic) bond motifs is 1. The summed E-state index contributed by atoms with van der Waals surface area (Å²) in [4.78, 5) is 14.2. The molecule has 0 saturated carbocycles. The van der Waals surface area contributed by atoms with Crippen LogP contribution in [0.15, 0.2) is 35.9 Å². The van der Waals surface area contributed by atoms with Gasteiger partial charge >= 0.3 is 6.03 Å². The molecule has 0 aromatic heterocycles. The monoisotopic (exact) mass is 271 g/mol. The molecule has 1 aliphatic carbocycles. The van der Waals surface area contributed by atoms with E-state index in [4.69, 9.17) is 5.73 Å². The Bertz CT molecular complexity index is 552. The van der Waals surface area contributed by atoms with Crippen molar-refractivity contribution in [1.82, 2.24) is 10.2 Å². The molecule has 1 aliphatic heterocycles. The summed E-state index contributed by atoms with van der Waals surface area (Å²) in [5.41, 5.74) is 9.92. The van der Waals surface area contributed by atoms with E-state index in [1.807, 2.05) is 17.0 Å². The van der Waals surface area contributed by atoms with Gasteiger partial charge in [0, 0.05) is 13.1 Å². The average Bonchev–Trinajstić information content (AvgIpc) is 2.76. The topological polar surface area (TPSA) is 58.4 Å². The van der Waals surface area contributed by atoms with Gasteiger partial charge in [-0.05, 0) is 30.9 Å². The molecule has 0 bridgehead atoms. The zero-order valence-corrected chi connectivity index (χ0v) is 11.8. The third-order valence-corrected chi connectivity index (χ3v) is 4.22. The molecule has 2 amide bonds. The summed E-state index contributed by atoms with van der Waals surface area (Å²) in [7, 11) is 0. The Morgan fingerprint density at radius 2 is 2.20 bits per heavy atom. The van der Waals surface area contributed by atoms with Gasteiger partial charge in [0.2, 0.25) is 0 Å². The van der Waals surface area contributed by atoms with Crippen molar-refractivity contribution in [2.45, 2.75) is 31.8 Å². The largest absolute Gasteiger partial charge is 0.333 e. The van der Waals surface area contributed by atoms with Gasteiger partial charge in [-0.1, -0.05) is 35.9 Å². The van der Waals surface area contributed by atoms with Crippen LogP contribution in [0.1, 0.15) is 30.5 Å². The second-order valence-corrected chi connectivity index (χ2v) is 5.75. The number of hydrogen-bond donors (Lipinski definition) is 2. The first-order valence-electron chi connectivity index (χ1n) is 7.19. The molecule has 106 valence electrons. The van der Waals surface area contributed by atoms with Crippen molar-refractivity contribution in [3.05, 3.63) is 47.0 Å². The van der Waals surface area contributed by atoms with E-state index >= 15 is 0 Å². The highest BCUT2D eigenvalue weighted by molar-refractivity contribution is 5.75. The van der Waals surface area contributed by atoms with E-state index < -0.39 is 0 Å². The maximum Gasteiger partial charge on any atom is 0.317 e. The molecule has 0 fully saturated rings. The van der Waals surface area contributed by atoms with Crippen molar-refractivity contribution >= 4 is 6.03 Å². The first kappa shape index (κ1) is 13.2. The normalized spacial score (nSPS) is 25.1. The molecule has 0 radical (unpaired) electrons. The summed E-state index contributed by atoms with van der Waals surface area (Å²) >= 11 is 0. The third-order valence-electron chi connectivity index (χ3n) is 4.22. The van der Waals surface area contributed by atoms with Crippen LogP contribution in [-0.2, 0) is 6.42 Å². The van der Waals surface area contributed by atoms with Crippen LogP contribution in [0.3, 0.4) is 0 Å². The summed E-state index contributed by atoms with van der Waals surface area (Å²) in [5, 5.41) is 3.10. The van der Waals surface area contributed by atoms with Crippen molar-refractivity contribution in [2.75, 3.05) is 13.1 Å². The van der Waals surface area contributed by atoms with Gasteiger partial charge in [-0.2, -0.15) is 0 Å². The number of nitrogens with zero attached hydrogens (tertiary/aromatic N) is 1. The summed E-state index contributed by atoms with van der Waals surface area (Å²) in [6.07, 6.45) is 3.96. The Balaban J connectivity index is 1.65. The van der Waals surface area contributed by atoms with Gasteiger partial charge in [0.05, 0.1) is 12.1 Å². The van der Waals surface area contributed by atoms with Gasteiger partial charge in [-0.3, -0.25) is 0 Å². The van der Waals surface area contributed by atoms with E-state index in [2.05, 4.69) is 30.4 Å². The molecule has 4 heteroatoms. The predicted molar refractivity (Wildman–Crippen MR) is 79.3 cm³/mol. The molecule has 1 aromatic carbocycles. The lowest BCUT2D eigenvalue weighted by atomic mass is 10.1. The number of carbonyl (C=O) groups is 1. The molecule has 20 heavy (non-hydrogen) atoms. The highest BCUT2D eigenvalue weighted by atomic mass is 16.2. The lowest BCUT2D eigenvalue weighted by Gasteiger charge is -2.29. The number of urea groups is 1. The maximum atomic E-state index is 12.3. The van der Waals surface area contributed by atoms with Gasteiger partial charge in [0.25, 0.3) is 0 Å². The van der Waals surface area contributed by atoms with E-state index in [-0.39, 0.29) is 18.1 Å². The smallest absolute Gasteiger partial charge is 0.317 e. The van der Waals surface area contributed by atoms with Crippen molar-refractivity contribution < 1.29 is 4.79 Å². The van der Waals surface area contributed by atoms with E-state index in [9.17, 15) is 4.79 Å². The number of carbonyl (C=O) groups excluding carboxylic acids is 1. The quantitative estimate of drug-likeness (QED) is 0.767. The zero-order chi connectivity index (χ0) is 14.1. The number of hydrogen-bond acceptors (Lipinski definition) is 2. The first-order valence-corrected chi connectivity index (χ1v) is 7.19. The SMILES string of the molecule is CC1=CCCN(C(=O)N[C@@H]2Cc3ccccc3[C@H]2N)C1. The van der Waals surface area contributed by atoms with Gasteiger partial charge in [-0.25, -0.2) is 4.79 Å². The van der Waals surface area contributed by atoms with Crippen molar-refractivity contribution in [3.8, 4) is 0 Å². The Hall–Kier alpha value is -1.81. The zero-order valence-electron chi connectivity index (χ0n) is 11.8.